The second kappa shape index (κ2) is 3.54. The van der Waals surface area contributed by atoms with Crippen molar-refractivity contribution in [2.24, 2.45) is 17.6 Å². The van der Waals surface area contributed by atoms with Gasteiger partial charge in [-0.2, -0.15) is 0 Å². The highest BCUT2D eigenvalue weighted by atomic mass is 16.1. The summed E-state index contributed by atoms with van der Waals surface area (Å²) >= 11 is 0. The minimum Gasteiger partial charge on any atom is -0.368 e. The topological polar surface area (TPSA) is 55.1 Å². The Morgan fingerprint density at radius 3 is 2.64 bits per heavy atom. The second-order valence-electron chi connectivity index (χ2n) is 5.12. The predicted octanol–water partition coefficient (Wildman–Crippen LogP) is 1.03. The van der Waals surface area contributed by atoms with Gasteiger partial charge in [-0.05, 0) is 50.5 Å². The molecule has 0 bridgehead atoms. The number of hydrogen-bond acceptors (Lipinski definition) is 2. The van der Waals surface area contributed by atoms with Crippen LogP contribution in [0.5, 0.6) is 0 Å². The molecule has 14 heavy (non-hydrogen) atoms. The quantitative estimate of drug-likeness (QED) is 0.705. The van der Waals surface area contributed by atoms with Crippen LogP contribution in [0.1, 0.15) is 39.0 Å². The highest BCUT2D eigenvalue weighted by Crippen LogP contribution is 2.36. The molecular formula is C11H20N2O. The third-order valence-electron chi connectivity index (χ3n) is 3.66. The van der Waals surface area contributed by atoms with Crippen LogP contribution in [0.15, 0.2) is 0 Å². The molecule has 0 aliphatic heterocycles. The summed E-state index contributed by atoms with van der Waals surface area (Å²) in [6.45, 7) is 3.18. The molecule has 0 saturated heterocycles. The Hall–Kier alpha value is -0.570. The van der Waals surface area contributed by atoms with Crippen molar-refractivity contribution in [2.45, 2.75) is 44.6 Å². The molecule has 1 amide bonds. The van der Waals surface area contributed by atoms with Crippen LogP contribution in [0.3, 0.4) is 0 Å². The predicted molar refractivity (Wildman–Crippen MR) is 55.7 cm³/mol. The minimum absolute atomic E-state index is 0.150. The number of nitrogens with one attached hydrogen (secondary N) is 1. The maximum atomic E-state index is 11.5. The Morgan fingerprint density at radius 2 is 2.21 bits per heavy atom. The molecule has 2 atom stereocenters. The molecular weight excluding hydrogens is 176 g/mol. The zero-order valence-electron chi connectivity index (χ0n) is 8.88. The van der Waals surface area contributed by atoms with Gasteiger partial charge in [0.15, 0.2) is 0 Å². The Balaban J connectivity index is 1.94. The molecule has 0 radical (unpaired) electrons. The van der Waals surface area contributed by atoms with E-state index in [1.165, 1.54) is 12.8 Å². The second-order valence-corrected chi connectivity index (χ2v) is 5.12. The van der Waals surface area contributed by atoms with Crippen molar-refractivity contribution >= 4 is 5.91 Å². The van der Waals surface area contributed by atoms with Gasteiger partial charge in [-0.3, -0.25) is 4.79 Å². The molecule has 3 nitrogen and oxygen atoms in total. The molecule has 2 saturated carbocycles. The summed E-state index contributed by atoms with van der Waals surface area (Å²) in [5.41, 5.74) is 5.13. The van der Waals surface area contributed by atoms with Crippen LogP contribution in [-0.4, -0.2) is 18.0 Å². The fourth-order valence-corrected chi connectivity index (χ4v) is 2.42. The molecule has 0 aromatic rings. The van der Waals surface area contributed by atoms with E-state index in [4.69, 9.17) is 5.73 Å². The molecule has 0 aromatic carbocycles. The molecule has 3 N–H and O–H groups in total. The molecule has 0 heterocycles. The number of nitrogens with two attached hydrogens (primary N) is 1. The summed E-state index contributed by atoms with van der Waals surface area (Å²) in [5.74, 6) is 1.29. The number of amides is 1. The standard InChI is InChI=1S/C11H20N2O/c1-8-4-5-11(6-8,10(12)14)13-7-9-2-3-9/h8-9,13H,2-7H2,1H3,(H2,12,14). The highest BCUT2D eigenvalue weighted by Gasteiger charge is 2.42. The lowest BCUT2D eigenvalue weighted by Crippen LogP contribution is -2.54. The Bertz CT molecular complexity index is 237. The van der Waals surface area contributed by atoms with Crippen molar-refractivity contribution in [1.82, 2.24) is 5.32 Å². The monoisotopic (exact) mass is 196 g/mol. The van der Waals surface area contributed by atoms with Crippen molar-refractivity contribution in [2.75, 3.05) is 6.54 Å². The fraction of sp³-hybridized carbons (Fsp3) is 0.909. The summed E-state index contributed by atoms with van der Waals surface area (Å²) in [6, 6.07) is 0. The average molecular weight is 196 g/mol. The first-order valence-electron chi connectivity index (χ1n) is 5.67. The van der Waals surface area contributed by atoms with Gasteiger partial charge in [-0.25, -0.2) is 0 Å². The maximum Gasteiger partial charge on any atom is 0.237 e. The lowest BCUT2D eigenvalue weighted by molar-refractivity contribution is -0.124. The van der Waals surface area contributed by atoms with Gasteiger partial charge in [-0.15, -0.1) is 0 Å². The van der Waals surface area contributed by atoms with Crippen LogP contribution in [0.25, 0.3) is 0 Å². The van der Waals surface area contributed by atoms with E-state index in [0.717, 1.165) is 31.7 Å². The number of carbonyl (C=O) groups excluding carboxylic acids is 1. The number of hydrogen-bond donors (Lipinski definition) is 2. The molecule has 2 aliphatic carbocycles. The molecule has 2 aliphatic rings. The van der Waals surface area contributed by atoms with E-state index < -0.39 is 0 Å². The van der Waals surface area contributed by atoms with Gasteiger partial charge < -0.3 is 11.1 Å². The van der Waals surface area contributed by atoms with Crippen LogP contribution in [-0.2, 0) is 4.79 Å². The summed E-state index contributed by atoms with van der Waals surface area (Å²) in [6.07, 6.45) is 5.61. The summed E-state index contributed by atoms with van der Waals surface area (Å²) in [4.78, 5) is 11.5. The van der Waals surface area contributed by atoms with Gasteiger partial charge in [0, 0.05) is 0 Å². The lowest BCUT2D eigenvalue weighted by atomic mass is 9.95. The molecule has 2 rings (SSSR count). The zero-order valence-corrected chi connectivity index (χ0v) is 8.88. The van der Waals surface area contributed by atoms with E-state index in [0.29, 0.717) is 5.92 Å². The molecule has 80 valence electrons. The number of primary amides is 1. The summed E-state index contributed by atoms with van der Waals surface area (Å²) in [5, 5.41) is 3.41. The molecule has 0 aromatic heterocycles. The Kier molecular flexibility index (Phi) is 2.52. The SMILES string of the molecule is CC1CCC(NCC2CC2)(C(N)=O)C1. The Labute approximate surface area is 85.4 Å². The molecule has 0 spiro atoms. The van der Waals surface area contributed by atoms with E-state index in [9.17, 15) is 4.79 Å². The van der Waals surface area contributed by atoms with Crippen LogP contribution in [0.4, 0.5) is 0 Å². The van der Waals surface area contributed by atoms with Gasteiger partial charge in [-0.1, -0.05) is 6.92 Å². The van der Waals surface area contributed by atoms with Crippen molar-refractivity contribution in [3.8, 4) is 0 Å². The third-order valence-corrected chi connectivity index (χ3v) is 3.66. The number of rotatable bonds is 4. The highest BCUT2D eigenvalue weighted by molar-refractivity contribution is 5.85. The lowest BCUT2D eigenvalue weighted by Gasteiger charge is -2.27. The van der Waals surface area contributed by atoms with E-state index >= 15 is 0 Å². The van der Waals surface area contributed by atoms with E-state index in [1.807, 2.05) is 0 Å². The van der Waals surface area contributed by atoms with E-state index in [1.54, 1.807) is 0 Å². The largest absolute Gasteiger partial charge is 0.368 e. The molecule has 3 heteroatoms. The Morgan fingerprint density at radius 1 is 1.50 bits per heavy atom. The summed E-state index contributed by atoms with van der Waals surface area (Å²) in [7, 11) is 0. The van der Waals surface area contributed by atoms with Crippen molar-refractivity contribution in [1.29, 1.82) is 0 Å². The normalized spacial score (nSPS) is 37.4. The van der Waals surface area contributed by atoms with Crippen molar-refractivity contribution in [3.63, 3.8) is 0 Å². The van der Waals surface area contributed by atoms with Crippen LogP contribution in [0, 0.1) is 11.8 Å². The number of carbonyl (C=O) groups is 1. The van der Waals surface area contributed by atoms with Crippen LogP contribution in [0.2, 0.25) is 0 Å². The average Bonchev–Trinajstić information content (AvgIpc) is 2.87. The molecule has 2 unspecified atom stereocenters. The first-order valence-corrected chi connectivity index (χ1v) is 5.67. The van der Waals surface area contributed by atoms with Crippen LogP contribution >= 0.6 is 0 Å². The molecule has 2 fully saturated rings. The first kappa shape index (κ1) is 9.97. The van der Waals surface area contributed by atoms with E-state index in [2.05, 4.69) is 12.2 Å². The summed E-state index contributed by atoms with van der Waals surface area (Å²) < 4.78 is 0. The minimum atomic E-state index is -0.373. The van der Waals surface area contributed by atoms with Crippen LogP contribution < -0.4 is 11.1 Å². The van der Waals surface area contributed by atoms with Crippen molar-refractivity contribution in [3.05, 3.63) is 0 Å². The van der Waals surface area contributed by atoms with Gasteiger partial charge in [0.1, 0.15) is 0 Å². The van der Waals surface area contributed by atoms with Crippen molar-refractivity contribution < 1.29 is 4.79 Å². The fourth-order valence-electron chi connectivity index (χ4n) is 2.42. The first-order chi connectivity index (χ1) is 6.62. The van der Waals surface area contributed by atoms with Gasteiger partial charge in [0.25, 0.3) is 0 Å². The smallest absolute Gasteiger partial charge is 0.237 e. The van der Waals surface area contributed by atoms with E-state index in [-0.39, 0.29) is 11.4 Å². The maximum absolute atomic E-state index is 11.5. The van der Waals surface area contributed by atoms with Gasteiger partial charge >= 0.3 is 0 Å². The zero-order chi connectivity index (χ0) is 10.2. The van der Waals surface area contributed by atoms with Gasteiger partial charge in [0.05, 0.1) is 5.54 Å². The third kappa shape index (κ3) is 1.92. The van der Waals surface area contributed by atoms with Gasteiger partial charge in [0.2, 0.25) is 5.91 Å².